The number of rotatable bonds is 2. The Morgan fingerprint density at radius 1 is 1.41 bits per heavy atom. The van der Waals surface area contributed by atoms with Gasteiger partial charge in [0.05, 0.1) is 24.0 Å². The molecule has 0 aliphatic carbocycles. The number of hydrogen-bond donors (Lipinski definition) is 0. The number of aliphatic imine (C=N–C) groups is 1. The number of amides is 1. The number of hydrogen-bond acceptors (Lipinski definition) is 4. The van der Waals surface area contributed by atoms with Gasteiger partial charge in [0.2, 0.25) is 0 Å². The van der Waals surface area contributed by atoms with Crippen molar-refractivity contribution in [1.29, 1.82) is 0 Å². The summed E-state index contributed by atoms with van der Waals surface area (Å²) < 4.78 is 23.3. The summed E-state index contributed by atoms with van der Waals surface area (Å²) in [6, 6.07) is 7.09. The Morgan fingerprint density at radius 3 is 2.82 bits per heavy atom. The minimum absolute atomic E-state index is 0.0261. The number of fused-ring (bicyclic) bond motifs is 1. The van der Waals surface area contributed by atoms with Gasteiger partial charge in [-0.2, -0.15) is 4.99 Å². The molecule has 0 saturated carbocycles. The highest BCUT2D eigenvalue weighted by Crippen LogP contribution is 2.37. The first kappa shape index (κ1) is 15.8. The first-order valence-corrected chi connectivity index (χ1v) is 9.88. The highest BCUT2D eigenvalue weighted by molar-refractivity contribution is 8.15. The third-order valence-electron chi connectivity index (χ3n) is 3.85. The fourth-order valence-corrected chi connectivity index (χ4v) is 6.90. The molecule has 0 spiro atoms. The Hall–Kier alpha value is -1.05. The number of nitrogens with zero attached hydrogens (tertiary/aromatic N) is 2. The van der Waals surface area contributed by atoms with Crippen LogP contribution in [0.3, 0.4) is 0 Å². The second-order valence-corrected chi connectivity index (χ2v) is 9.24. The number of halogens is 1. The van der Waals surface area contributed by atoms with Gasteiger partial charge in [0.1, 0.15) is 0 Å². The molecule has 1 aromatic rings. The van der Waals surface area contributed by atoms with Gasteiger partial charge in [0.25, 0.3) is 5.91 Å². The van der Waals surface area contributed by atoms with Crippen molar-refractivity contribution < 1.29 is 13.2 Å². The van der Waals surface area contributed by atoms with Crippen LogP contribution in [0.4, 0.5) is 0 Å². The SMILES string of the molecule is CN1C(=NC(=O)Cc2ccccc2Cl)S[C@H]2CS(=O)(=O)C[C@@H]21. The summed E-state index contributed by atoms with van der Waals surface area (Å²) in [4.78, 5) is 18.1. The van der Waals surface area contributed by atoms with E-state index in [0.717, 1.165) is 5.56 Å². The first-order chi connectivity index (χ1) is 10.4. The molecule has 2 aliphatic heterocycles. The molecule has 0 radical (unpaired) electrons. The highest BCUT2D eigenvalue weighted by Gasteiger charge is 2.47. The maximum Gasteiger partial charge on any atom is 0.252 e. The van der Waals surface area contributed by atoms with Crippen molar-refractivity contribution in [3.63, 3.8) is 0 Å². The minimum atomic E-state index is -2.96. The van der Waals surface area contributed by atoms with E-state index in [0.29, 0.717) is 10.2 Å². The molecule has 2 fully saturated rings. The zero-order chi connectivity index (χ0) is 15.9. The molecular formula is C14H15ClN2O3S2. The lowest BCUT2D eigenvalue weighted by Crippen LogP contribution is -2.34. The van der Waals surface area contributed by atoms with Crippen molar-refractivity contribution in [2.24, 2.45) is 4.99 Å². The zero-order valence-electron chi connectivity index (χ0n) is 11.9. The van der Waals surface area contributed by atoms with Gasteiger partial charge in [0.15, 0.2) is 15.0 Å². The summed E-state index contributed by atoms with van der Waals surface area (Å²) in [5.74, 6) is 0.0220. The van der Waals surface area contributed by atoms with Gasteiger partial charge in [-0.05, 0) is 11.6 Å². The summed E-state index contributed by atoms with van der Waals surface area (Å²) in [7, 11) is -1.17. The fourth-order valence-electron chi connectivity index (χ4n) is 2.69. The van der Waals surface area contributed by atoms with Crippen LogP contribution in [-0.2, 0) is 21.1 Å². The zero-order valence-corrected chi connectivity index (χ0v) is 14.3. The first-order valence-electron chi connectivity index (χ1n) is 6.80. The van der Waals surface area contributed by atoms with Gasteiger partial charge >= 0.3 is 0 Å². The van der Waals surface area contributed by atoms with E-state index in [1.807, 2.05) is 17.0 Å². The Labute approximate surface area is 138 Å². The van der Waals surface area contributed by atoms with E-state index >= 15 is 0 Å². The summed E-state index contributed by atoms with van der Waals surface area (Å²) in [6.45, 7) is 0. The lowest BCUT2D eigenvalue weighted by Gasteiger charge is -2.17. The second kappa shape index (κ2) is 5.86. The Bertz CT molecular complexity index is 748. The largest absolute Gasteiger partial charge is 0.349 e. The summed E-state index contributed by atoms with van der Waals surface area (Å²) in [5, 5.41) is 1.12. The molecule has 5 nitrogen and oxygen atoms in total. The molecule has 2 heterocycles. The van der Waals surface area contributed by atoms with E-state index in [1.54, 1.807) is 19.2 Å². The van der Waals surface area contributed by atoms with Crippen molar-refractivity contribution in [2.45, 2.75) is 17.7 Å². The molecule has 8 heteroatoms. The molecule has 1 amide bonds. The van der Waals surface area contributed by atoms with Crippen molar-refractivity contribution in [3.8, 4) is 0 Å². The summed E-state index contributed by atoms with van der Waals surface area (Å²) >= 11 is 7.42. The quantitative estimate of drug-likeness (QED) is 0.803. The van der Waals surface area contributed by atoms with Crippen LogP contribution in [0.15, 0.2) is 29.3 Å². The second-order valence-electron chi connectivity index (χ2n) is 5.47. The van der Waals surface area contributed by atoms with Crippen LogP contribution in [0.25, 0.3) is 0 Å². The number of carbonyl (C=O) groups is 1. The predicted molar refractivity (Wildman–Crippen MR) is 89.2 cm³/mol. The van der Waals surface area contributed by atoms with Crippen molar-refractivity contribution in [2.75, 3.05) is 18.6 Å². The molecule has 0 aromatic heterocycles. The van der Waals surface area contributed by atoms with Gasteiger partial charge < -0.3 is 4.90 Å². The molecule has 2 saturated heterocycles. The lowest BCUT2D eigenvalue weighted by atomic mass is 10.1. The van der Waals surface area contributed by atoms with Crippen LogP contribution >= 0.6 is 23.4 Å². The van der Waals surface area contributed by atoms with E-state index in [4.69, 9.17) is 11.6 Å². The van der Waals surface area contributed by atoms with Crippen LogP contribution in [0.1, 0.15) is 5.56 Å². The molecule has 22 heavy (non-hydrogen) atoms. The van der Waals surface area contributed by atoms with Gasteiger partial charge in [0, 0.05) is 17.3 Å². The predicted octanol–water partition coefficient (Wildman–Crippen LogP) is 1.61. The molecule has 2 atom stereocenters. The molecule has 0 unspecified atom stereocenters. The smallest absolute Gasteiger partial charge is 0.252 e. The standard InChI is InChI=1S/C14H15ClN2O3S2/c1-17-11-7-22(19,20)8-12(11)21-14(17)16-13(18)6-9-4-2-3-5-10(9)15/h2-5,11-12H,6-8H2,1H3/t11-,12-/m0/s1. The maximum absolute atomic E-state index is 12.1. The van der Waals surface area contributed by atoms with Gasteiger partial charge in [-0.15, -0.1) is 0 Å². The number of sulfone groups is 1. The molecule has 2 aliphatic rings. The van der Waals surface area contributed by atoms with Crippen molar-refractivity contribution >= 4 is 44.3 Å². The molecule has 0 bridgehead atoms. The van der Waals surface area contributed by atoms with E-state index < -0.39 is 9.84 Å². The third-order valence-corrected chi connectivity index (χ3v) is 7.52. The normalized spacial score (nSPS) is 28.1. The van der Waals surface area contributed by atoms with Crippen LogP contribution in [0, 0.1) is 0 Å². The third kappa shape index (κ3) is 3.16. The average molecular weight is 359 g/mol. The monoisotopic (exact) mass is 358 g/mol. The molecule has 0 N–H and O–H groups in total. The fraction of sp³-hybridized carbons (Fsp3) is 0.429. The Balaban J connectivity index is 1.72. The number of carbonyl (C=O) groups excluding carboxylic acids is 1. The average Bonchev–Trinajstić information content (AvgIpc) is 2.87. The molecular weight excluding hydrogens is 344 g/mol. The number of amidine groups is 1. The van der Waals surface area contributed by atoms with Crippen LogP contribution in [0.2, 0.25) is 5.02 Å². The van der Waals surface area contributed by atoms with Crippen molar-refractivity contribution in [3.05, 3.63) is 34.9 Å². The van der Waals surface area contributed by atoms with E-state index in [1.165, 1.54) is 11.8 Å². The van der Waals surface area contributed by atoms with Gasteiger partial charge in [-0.3, -0.25) is 4.79 Å². The molecule has 3 rings (SSSR count). The van der Waals surface area contributed by atoms with Gasteiger partial charge in [-0.25, -0.2) is 8.42 Å². The lowest BCUT2D eigenvalue weighted by molar-refractivity contribution is -0.117. The van der Waals surface area contributed by atoms with Gasteiger partial charge in [-0.1, -0.05) is 41.6 Å². The maximum atomic E-state index is 12.1. The minimum Gasteiger partial charge on any atom is -0.349 e. The molecule has 1 aromatic carbocycles. The summed E-state index contributed by atoms with van der Waals surface area (Å²) in [5.41, 5.74) is 0.743. The Kier molecular flexibility index (Phi) is 4.22. The van der Waals surface area contributed by atoms with Crippen LogP contribution < -0.4 is 0 Å². The van der Waals surface area contributed by atoms with E-state index in [9.17, 15) is 13.2 Å². The van der Waals surface area contributed by atoms with E-state index in [2.05, 4.69) is 4.99 Å². The molecule has 118 valence electrons. The topological polar surface area (TPSA) is 66.8 Å². The van der Waals surface area contributed by atoms with Crippen LogP contribution in [0.5, 0.6) is 0 Å². The Morgan fingerprint density at radius 2 is 2.14 bits per heavy atom. The highest BCUT2D eigenvalue weighted by atomic mass is 35.5. The summed E-state index contributed by atoms with van der Waals surface area (Å²) in [6.07, 6.45) is 0.144. The van der Waals surface area contributed by atoms with Crippen molar-refractivity contribution in [1.82, 2.24) is 4.90 Å². The van der Waals surface area contributed by atoms with E-state index in [-0.39, 0.29) is 35.1 Å². The number of thioether (sulfide) groups is 1. The van der Waals surface area contributed by atoms with Crippen LogP contribution in [-0.4, -0.2) is 54.2 Å². The number of benzene rings is 1.